The summed E-state index contributed by atoms with van der Waals surface area (Å²) in [7, 11) is 0. The number of rotatable bonds is 7. The van der Waals surface area contributed by atoms with E-state index in [9.17, 15) is 0 Å². The minimum absolute atomic E-state index is 0.471. The number of nitrogens with zero attached hydrogens (tertiary/aromatic N) is 2. The molecule has 2 atom stereocenters. The Kier molecular flexibility index (Phi) is 5.86. The van der Waals surface area contributed by atoms with Crippen LogP contribution in [-0.2, 0) is 6.54 Å². The van der Waals surface area contributed by atoms with Crippen LogP contribution < -0.4 is 5.32 Å². The number of aromatic nitrogens is 2. The highest BCUT2D eigenvalue weighted by atomic mass is 15.3. The summed E-state index contributed by atoms with van der Waals surface area (Å²) in [5, 5.41) is 8.19. The van der Waals surface area contributed by atoms with Crippen molar-refractivity contribution in [1.29, 1.82) is 0 Å². The first-order chi connectivity index (χ1) is 10.1. The van der Waals surface area contributed by atoms with Gasteiger partial charge >= 0.3 is 0 Å². The van der Waals surface area contributed by atoms with E-state index >= 15 is 0 Å². The van der Waals surface area contributed by atoms with Crippen LogP contribution in [-0.4, -0.2) is 22.9 Å². The summed E-state index contributed by atoms with van der Waals surface area (Å²) in [5.74, 6) is 1.44. The second-order valence-corrected chi connectivity index (χ2v) is 7.51. The van der Waals surface area contributed by atoms with Crippen molar-refractivity contribution in [3.63, 3.8) is 0 Å². The molecule has 1 fully saturated rings. The number of nitrogens with one attached hydrogen (secondary N) is 1. The van der Waals surface area contributed by atoms with E-state index in [-0.39, 0.29) is 0 Å². The Morgan fingerprint density at radius 1 is 1.33 bits per heavy atom. The molecule has 0 aromatic carbocycles. The molecule has 1 heterocycles. The predicted molar refractivity (Wildman–Crippen MR) is 89.5 cm³/mol. The van der Waals surface area contributed by atoms with Crippen LogP contribution in [0, 0.1) is 11.3 Å². The highest BCUT2D eigenvalue weighted by Gasteiger charge is 2.35. The van der Waals surface area contributed by atoms with Crippen LogP contribution in [0.15, 0.2) is 12.4 Å². The Balaban J connectivity index is 2.08. The van der Waals surface area contributed by atoms with E-state index in [0.29, 0.717) is 11.3 Å². The van der Waals surface area contributed by atoms with Gasteiger partial charge in [0.2, 0.25) is 0 Å². The number of aryl methyl sites for hydroxylation is 1. The zero-order valence-electron chi connectivity index (χ0n) is 14.4. The number of hydrogen-bond donors (Lipinski definition) is 1. The first-order valence-electron chi connectivity index (χ1n) is 8.79. The van der Waals surface area contributed by atoms with Crippen molar-refractivity contribution in [1.82, 2.24) is 15.1 Å². The summed E-state index contributed by atoms with van der Waals surface area (Å²) < 4.78 is 2.12. The lowest BCUT2D eigenvalue weighted by atomic mass is 9.65. The van der Waals surface area contributed by atoms with Gasteiger partial charge in [0.1, 0.15) is 0 Å². The van der Waals surface area contributed by atoms with Crippen LogP contribution in [0.5, 0.6) is 0 Å². The van der Waals surface area contributed by atoms with E-state index in [2.05, 4.69) is 55.2 Å². The largest absolute Gasteiger partial charge is 0.316 e. The average molecular weight is 291 g/mol. The molecule has 1 aromatic rings. The molecule has 0 aliphatic heterocycles. The molecular formula is C18H33N3. The average Bonchev–Trinajstić information content (AvgIpc) is 2.89. The van der Waals surface area contributed by atoms with Gasteiger partial charge in [0.15, 0.2) is 0 Å². The minimum atomic E-state index is 0.471. The van der Waals surface area contributed by atoms with Crippen molar-refractivity contribution < 1.29 is 0 Å². The summed E-state index contributed by atoms with van der Waals surface area (Å²) in [6.45, 7) is 12.6. The van der Waals surface area contributed by atoms with E-state index in [1.165, 1.54) is 31.2 Å². The Hall–Kier alpha value is -0.830. The highest BCUT2D eigenvalue weighted by molar-refractivity contribution is 5.15. The number of hydrogen-bond acceptors (Lipinski definition) is 2. The Bertz CT molecular complexity index is 422. The molecule has 0 spiro atoms. The van der Waals surface area contributed by atoms with Crippen LogP contribution in [0.3, 0.4) is 0 Å². The van der Waals surface area contributed by atoms with Crippen LogP contribution in [0.1, 0.15) is 71.3 Å². The molecule has 3 nitrogen and oxygen atoms in total. The summed E-state index contributed by atoms with van der Waals surface area (Å²) in [5.41, 5.74) is 1.93. The lowest BCUT2D eigenvalue weighted by Crippen LogP contribution is -2.35. The van der Waals surface area contributed by atoms with Crippen molar-refractivity contribution in [3.05, 3.63) is 18.0 Å². The van der Waals surface area contributed by atoms with Crippen LogP contribution in [0.2, 0.25) is 0 Å². The topological polar surface area (TPSA) is 29.9 Å². The van der Waals surface area contributed by atoms with Gasteiger partial charge in [0, 0.05) is 12.7 Å². The van der Waals surface area contributed by atoms with E-state index in [4.69, 9.17) is 0 Å². The lowest BCUT2D eigenvalue weighted by Gasteiger charge is -2.40. The van der Waals surface area contributed by atoms with Gasteiger partial charge < -0.3 is 5.32 Å². The van der Waals surface area contributed by atoms with Crippen molar-refractivity contribution in [3.8, 4) is 0 Å². The van der Waals surface area contributed by atoms with Gasteiger partial charge in [-0.05, 0) is 68.0 Å². The fraction of sp³-hybridized carbons (Fsp3) is 0.833. The zero-order chi connectivity index (χ0) is 15.3. The molecule has 0 radical (unpaired) electrons. The summed E-state index contributed by atoms with van der Waals surface area (Å²) in [6, 6.07) is 0. The molecule has 0 bridgehead atoms. The molecule has 1 saturated carbocycles. The molecule has 1 aliphatic carbocycles. The molecule has 1 aliphatic rings. The minimum Gasteiger partial charge on any atom is -0.316 e. The van der Waals surface area contributed by atoms with Gasteiger partial charge in [-0.25, -0.2) is 0 Å². The summed E-state index contributed by atoms with van der Waals surface area (Å²) in [6.07, 6.45) is 10.8. The molecule has 2 rings (SSSR count). The second-order valence-electron chi connectivity index (χ2n) is 7.51. The fourth-order valence-electron chi connectivity index (χ4n) is 3.66. The molecule has 1 aromatic heterocycles. The molecule has 2 unspecified atom stereocenters. The smallest absolute Gasteiger partial charge is 0.0524 e. The fourth-order valence-corrected chi connectivity index (χ4v) is 3.66. The summed E-state index contributed by atoms with van der Waals surface area (Å²) >= 11 is 0. The molecule has 21 heavy (non-hydrogen) atoms. The quantitative estimate of drug-likeness (QED) is 0.763. The molecular weight excluding hydrogens is 258 g/mol. The van der Waals surface area contributed by atoms with Gasteiger partial charge in [0.25, 0.3) is 0 Å². The third kappa shape index (κ3) is 4.57. The third-order valence-electron chi connectivity index (χ3n) is 4.90. The van der Waals surface area contributed by atoms with E-state index in [1.54, 1.807) is 0 Å². The van der Waals surface area contributed by atoms with Gasteiger partial charge in [-0.1, -0.05) is 27.7 Å². The standard InChI is InChI=1S/C18H33N3/c1-5-9-19-12-15-7-8-18(3,4)11-17(15)16-13-20-21(14-16)10-6-2/h13-15,17,19H,5-12H2,1-4H3. The molecule has 3 heteroatoms. The molecule has 120 valence electrons. The Labute approximate surface area is 130 Å². The first kappa shape index (κ1) is 16.5. The SMILES string of the molecule is CCCNCC1CCC(C)(C)CC1c1cnn(CCC)c1. The monoisotopic (exact) mass is 291 g/mol. The van der Waals surface area contributed by atoms with E-state index in [1.807, 2.05) is 0 Å². The van der Waals surface area contributed by atoms with Gasteiger partial charge in [-0.2, -0.15) is 5.10 Å². The first-order valence-corrected chi connectivity index (χ1v) is 8.79. The molecule has 0 amide bonds. The van der Waals surface area contributed by atoms with Crippen LogP contribution >= 0.6 is 0 Å². The maximum atomic E-state index is 4.56. The molecule has 1 N–H and O–H groups in total. The van der Waals surface area contributed by atoms with Crippen molar-refractivity contribution in [2.24, 2.45) is 11.3 Å². The van der Waals surface area contributed by atoms with Gasteiger partial charge in [-0.3, -0.25) is 4.68 Å². The van der Waals surface area contributed by atoms with E-state index < -0.39 is 0 Å². The maximum Gasteiger partial charge on any atom is 0.0524 e. The highest BCUT2D eigenvalue weighted by Crippen LogP contribution is 2.46. The van der Waals surface area contributed by atoms with Crippen LogP contribution in [0.4, 0.5) is 0 Å². The third-order valence-corrected chi connectivity index (χ3v) is 4.90. The van der Waals surface area contributed by atoms with Crippen LogP contribution in [0.25, 0.3) is 0 Å². The Morgan fingerprint density at radius 3 is 2.86 bits per heavy atom. The maximum absolute atomic E-state index is 4.56. The lowest BCUT2D eigenvalue weighted by molar-refractivity contribution is 0.160. The van der Waals surface area contributed by atoms with Crippen molar-refractivity contribution >= 4 is 0 Å². The predicted octanol–water partition coefficient (Wildman–Crippen LogP) is 4.20. The van der Waals surface area contributed by atoms with Crippen molar-refractivity contribution in [2.75, 3.05) is 13.1 Å². The zero-order valence-corrected chi connectivity index (χ0v) is 14.4. The second kappa shape index (κ2) is 7.44. The van der Waals surface area contributed by atoms with Gasteiger partial charge in [0.05, 0.1) is 6.20 Å². The summed E-state index contributed by atoms with van der Waals surface area (Å²) in [4.78, 5) is 0. The Morgan fingerprint density at radius 2 is 2.14 bits per heavy atom. The molecule has 0 saturated heterocycles. The normalized spacial score (nSPS) is 25.1. The van der Waals surface area contributed by atoms with Gasteiger partial charge in [-0.15, -0.1) is 0 Å². The van der Waals surface area contributed by atoms with E-state index in [0.717, 1.165) is 32.0 Å². The van der Waals surface area contributed by atoms with Crippen molar-refractivity contribution in [2.45, 2.75) is 72.3 Å².